The molecule has 5 nitrogen and oxygen atoms in total. The third-order valence-electron chi connectivity index (χ3n) is 4.50. The van der Waals surface area contributed by atoms with Gasteiger partial charge in [-0.3, -0.25) is 14.2 Å². The SMILES string of the molecule is Cc1sc2ncn(CC(=O)Nc3cc(Cl)ccc3Cl)c(=O)c2c1-c1ccc(Cl)cc1. The molecule has 0 radical (unpaired) electrons. The predicted molar refractivity (Wildman–Crippen MR) is 124 cm³/mol. The van der Waals surface area contributed by atoms with Crippen LogP contribution in [0.15, 0.2) is 53.6 Å². The highest BCUT2D eigenvalue weighted by atomic mass is 35.5. The van der Waals surface area contributed by atoms with E-state index in [1.54, 1.807) is 30.3 Å². The molecule has 9 heteroatoms. The number of nitrogens with one attached hydrogen (secondary N) is 1. The lowest BCUT2D eigenvalue weighted by molar-refractivity contribution is -0.116. The number of rotatable bonds is 4. The molecular formula is C21H14Cl3N3O2S. The molecule has 2 aromatic carbocycles. The number of amides is 1. The summed E-state index contributed by atoms with van der Waals surface area (Å²) in [5.41, 5.74) is 1.76. The van der Waals surface area contributed by atoms with Gasteiger partial charge in [0.25, 0.3) is 5.56 Å². The van der Waals surface area contributed by atoms with Gasteiger partial charge >= 0.3 is 0 Å². The lowest BCUT2D eigenvalue weighted by Gasteiger charge is -2.09. The van der Waals surface area contributed by atoms with Crippen molar-refractivity contribution in [2.75, 3.05) is 5.32 Å². The number of nitrogens with zero attached hydrogens (tertiary/aromatic N) is 2. The molecule has 0 saturated heterocycles. The third-order valence-corrected chi connectivity index (χ3v) is 6.33. The summed E-state index contributed by atoms with van der Waals surface area (Å²) in [4.78, 5) is 31.7. The Kier molecular flexibility index (Phi) is 5.84. The van der Waals surface area contributed by atoms with Crippen LogP contribution < -0.4 is 10.9 Å². The Hall–Kier alpha value is -2.38. The van der Waals surface area contributed by atoms with Gasteiger partial charge in [-0.15, -0.1) is 11.3 Å². The number of carbonyl (C=O) groups is 1. The summed E-state index contributed by atoms with van der Waals surface area (Å²) in [5.74, 6) is -0.414. The first-order chi connectivity index (χ1) is 14.3. The molecule has 0 aliphatic carbocycles. The molecule has 0 aliphatic heterocycles. The fourth-order valence-electron chi connectivity index (χ4n) is 3.15. The Balaban J connectivity index is 1.70. The van der Waals surface area contributed by atoms with Crippen LogP contribution in [-0.2, 0) is 11.3 Å². The van der Waals surface area contributed by atoms with Crippen LogP contribution in [0.2, 0.25) is 15.1 Å². The monoisotopic (exact) mass is 477 g/mol. The summed E-state index contributed by atoms with van der Waals surface area (Å²) in [6, 6.07) is 12.0. The predicted octanol–water partition coefficient (Wildman–Crippen LogP) is 6.03. The Labute approximate surface area is 190 Å². The van der Waals surface area contributed by atoms with Gasteiger partial charge in [0.1, 0.15) is 11.4 Å². The number of thiophene rings is 1. The summed E-state index contributed by atoms with van der Waals surface area (Å²) >= 11 is 19.5. The van der Waals surface area contributed by atoms with Crippen LogP contribution >= 0.6 is 46.1 Å². The summed E-state index contributed by atoms with van der Waals surface area (Å²) < 4.78 is 1.28. The van der Waals surface area contributed by atoms with Gasteiger partial charge < -0.3 is 5.32 Å². The molecule has 0 spiro atoms. The molecule has 30 heavy (non-hydrogen) atoms. The maximum atomic E-state index is 13.2. The normalized spacial score (nSPS) is 11.1. The largest absolute Gasteiger partial charge is 0.323 e. The van der Waals surface area contributed by atoms with Crippen molar-refractivity contribution in [3.63, 3.8) is 0 Å². The second kappa shape index (κ2) is 8.40. The van der Waals surface area contributed by atoms with Gasteiger partial charge in [-0.25, -0.2) is 4.98 Å². The summed E-state index contributed by atoms with van der Waals surface area (Å²) in [5, 5.41) is 4.57. The fourth-order valence-corrected chi connectivity index (χ4v) is 4.62. The fraction of sp³-hybridized carbons (Fsp3) is 0.0952. The molecular weight excluding hydrogens is 465 g/mol. The van der Waals surface area contributed by atoms with Gasteiger partial charge in [-0.1, -0.05) is 46.9 Å². The summed E-state index contributed by atoms with van der Waals surface area (Å²) in [6.45, 7) is 1.73. The number of carbonyl (C=O) groups excluding carboxylic acids is 1. The Morgan fingerprint density at radius 2 is 1.80 bits per heavy atom. The average molecular weight is 479 g/mol. The third kappa shape index (κ3) is 4.09. The van der Waals surface area contributed by atoms with Crippen molar-refractivity contribution >= 4 is 68.0 Å². The minimum Gasteiger partial charge on any atom is -0.323 e. The van der Waals surface area contributed by atoms with E-state index in [-0.39, 0.29) is 12.1 Å². The molecule has 4 rings (SSSR count). The van der Waals surface area contributed by atoms with Gasteiger partial charge in [-0.05, 0) is 42.8 Å². The van der Waals surface area contributed by atoms with Crippen molar-refractivity contribution in [3.8, 4) is 11.1 Å². The van der Waals surface area contributed by atoms with Gasteiger partial charge in [0.05, 0.1) is 22.4 Å². The van der Waals surface area contributed by atoms with E-state index in [0.717, 1.165) is 16.0 Å². The van der Waals surface area contributed by atoms with Gasteiger partial charge in [0, 0.05) is 20.5 Å². The molecule has 0 unspecified atom stereocenters. The van der Waals surface area contributed by atoms with Crippen LogP contribution in [0.3, 0.4) is 0 Å². The van der Waals surface area contributed by atoms with E-state index in [0.29, 0.717) is 31.0 Å². The zero-order valence-electron chi connectivity index (χ0n) is 15.6. The molecule has 0 saturated carbocycles. The van der Waals surface area contributed by atoms with Crippen LogP contribution in [0.4, 0.5) is 5.69 Å². The van der Waals surface area contributed by atoms with Gasteiger partial charge in [0.15, 0.2) is 0 Å². The van der Waals surface area contributed by atoms with E-state index in [1.807, 2.05) is 19.1 Å². The number of fused-ring (bicyclic) bond motifs is 1. The van der Waals surface area contributed by atoms with Crippen LogP contribution in [0.1, 0.15) is 4.88 Å². The summed E-state index contributed by atoms with van der Waals surface area (Å²) in [6.07, 6.45) is 1.38. The van der Waals surface area contributed by atoms with Crippen LogP contribution in [0.25, 0.3) is 21.3 Å². The number of halogens is 3. The van der Waals surface area contributed by atoms with Crippen molar-refractivity contribution in [3.05, 3.63) is 79.1 Å². The van der Waals surface area contributed by atoms with Gasteiger partial charge in [0.2, 0.25) is 5.91 Å². The minimum absolute atomic E-state index is 0.209. The van der Waals surface area contributed by atoms with Crippen LogP contribution in [-0.4, -0.2) is 15.5 Å². The molecule has 1 amide bonds. The van der Waals surface area contributed by atoms with Crippen molar-refractivity contribution in [1.29, 1.82) is 0 Å². The summed E-state index contributed by atoms with van der Waals surface area (Å²) in [7, 11) is 0. The Bertz CT molecular complexity index is 1330. The smallest absolute Gasteiger partial charge is 0.263 e. The van der Waals surface area contributed by atoms with Crippen molar-refractivity contribution in [1.82, 2.24) is 9.55 Å². The number of aryl methyl sites for hydroxylation is 1. The average Bonchev–Trinajstić information content (AvgIpc) is 3.04. The van der Waals surface area contributed by atoms with E-state index >= 15 is 0 Å². The Morgan fingerprint density at radius 3 is 2.53 bits per heavy atom. The van der Waals surface area contributed by atoms with E-state index in [9.17, 15) is 9.59 Å². The maximum Gasteiger partial charge on any atom is 0.263 e. The number of hydrogen-bond acceptors (Lipinski definition) is 4. The van der Waals surface area contributed by atoms with E-state index in [4.69, 9.17) is 34.8 Å². The second-order valence-electron chi connectivity index (χ2n) is 6.57. The second-order valence-corrected chi connectivity index (χ2v) is 9.05. The highest BCUT2D eigenvalue weighted by Gasteiger charge is 2.18. The van der Waals surface area contributed by atoms with E-state index < -0.39 is 5.91 Å². The van der Waals surface area contributed by atoms with E-state index in [1.165, 1.54) is 22.2 Å². The topological polar surface area (TPSA) is 64.0 Å². The number of benzene rings is 2. The van der Waals surface area contributed by atoms with Crippen LogP contribution in [0, 0.1) is 6.92 Å². The zero-order valence-corrected chi connectivity index (χ0v) is 18.7. The standard InChI is InChI=1S/C21H14Cl3N3O2S/c1-11-18(12-2-4-13(22)5-3-12)19-20(30-11)25-10-27(21(19)29)9-17(28)26-16-8-14(23)6-7-15(16)24/h2-8,10H,9H2,1H3,(H,26,28). The van der Waals surface area contributed by atoms with Crippen molar-refractivity contribution in [2.45, 2.75) is 13.5 Å². The number of hydrogen-bond donors (Lipinski definition) is 1. The maximum absolute atomic E-state index is 13.2. The molecule has 152 valence electrons. The lowest BCUT2D eigenvalue weighted by atomic mass is 10.0. The first-order valence-electron chi connectivity index (χ1n) is 8.83. The van der Waals surface area contributed by atoms with Gasteiger partial charge in [-0.2, -0.15) is 0 Å². The molecule has 0 bridgehead atoms. The molecule has 0 aliphatic rings. The molecule has 0 fully saturated rings. The molecule has 2 heterocycles. The molecule has 2 aromatic heterocycles. The number of anilines is 1. The van der Waals surface area contributed by atoms with Crippen molar-refractivity contribution < 1.29 is 4.79 Å². The van der Waals surface area contributed by atoms with Crippen LogP contribution in [0.5, 0.6) is 0 Å². The Morgan fingerprint density at radius 1 is 1.10 bits per heavy atom. The first kappa shape index (κ1) is 20.9. The highest BCUT2D eigenvalue weighted by Crippen LogP contribution is 2.35. The lowest BCUT2D eigenvalue weighted by Crippen LogP contribution is -2.27. The molecule has 0 atom stereocenters. The molecule has 4 aromatic rings. The van der Waals surface area contributed by atoms with E-state index in [2.05, 4.69) is 10.3 Å². The van der Waals surface area contributed by atoms with Crippen molar-refractivity contribution in [2.24, 2.45) is 0 Å². The first-order valence-corrected chi connectivity index (χ1v) is 10.8. The molecule has 1 N–H and O–H groups in total. The zero-order chi connectivity index (χ0) is 21.4. The number of aromatic nitrogens is 2. The quantitative estimate of drug-likeness (QED) is 0.389. The minimum atomic E-state index is -0.414. The highest BCUT2D eigenvalue weighted by molar-refractivity contribution is 7.19.